The highest BCUT2D eigenvalue weighted by molar-refractivity contribution is 6.32. The van der Waals surface area contributed by atoms with Crippen molar-refractivity contribution in [1.82, 2.24) is 0 Å². The average molecular weight is 287 g/mol. The zero-order valence-corrected chi connectivity index (χ0v) is 12.4. The number of carbonyl (C=O) groups is 1. The first-order valence-corrected chi connectivity index (χ1v) is 6.32. The summed E-state index contributed by atoms with van der Waals surface area (Å²) in [5.74, 6) is 0.895. The third-order valence-corrected chi connectivity index (χ3v) is 3.17. The van der Waals surface area contributed by atoms with Crippen LogP contribution in [0.25, 0.3) is 0 Å². The van der Waals surface area contributed by atoms with Crippen molar-refractivity contribution in [1.29, 1.82) is 0 Å². The Morgan fingerprint density at radius 2 is 2.00 bits per heavy atom. The van der Waals surface area contributed by atoms with Crippen LogP contribution >= 0.6 is 11.6 Å². The van der Waals surface area contributed by atoms with Crippen molar-refractivity contribution in [3.8, 4) is 11.5 Å². The van der Waals surface area contributed by atoms with E-state index in [2.05, 4.69) is 0 Å². The fourth-order valence-corrected chi connectivity index (χ4v) is 1.72. The number of hydrogen-bond acceptors (Lipinski definition) is 4. The number of halogens is 1. The van der Waals surface area contributed by atoms with Gasteiger partial charge in [0.25, 0.3) is 0 Å². The molecule has 1 aromatic carbocycles. The summed E-state index contributed by atoms with van der Waals surface area (Å²) in [4.78, 5) is 10.8. The van der Waals surface area contributed by atoms with Gasteiger partial charge in [0.1, 0.15) is 6.29 Å². The van der Waals surface area contributed by atoms with Crippen LogP contribution in [0.15, 0.2) is 12.1 Å². The van der Waals surface area contributed by atoms with E-state index in [0.717, 1.165) is 0 Å². The van der Waals surface area contributed by atoms with E-state index >= 15 is 0 Å². The minimum absolute atomic E-state index is 0.261. The summed E-state index contributed by atoms with van der Waals surface area (Å²) >= 11 is 6.08. The largest absolute Gasteiger partial charge is 0.493 e. The van der Waals surface area contributed by atoms with E-state index in [0.29, 0.717) is 41.4 Å². The molecule has 1 rings (SSSR count). The molecule has 0 unspecified atom stereocenters. The highest BCUT2D eigenvalue weighted by atomic mass is 35.5. The van der Waals surface area contributed by atoms with Crippen molar-refractivity contribution in [2.75, 3.05) is 20.8 Å². The van der Waals surface area contributed by atoms with Crippen LogP contribution in [0.4, 0.5) is 0 Å². The van der Waals surface area contributed by atoms with Gasteiger partial charge in [-0.3, -0.25) is 4.79 Å². The first kappa shape index (κ1) is 15.8. The normalized spacial score (nSPS) is 11.2. The Balaban J connectivity index is 2.80. The van der Waals surface area contributed by atoms with Crippen LogP contribution in [0.1, 0.15) is 30.6 Å². The van der Waals surface area contributed by atoms with Crippen LogP contribution in [0.3, 0.4) is 0 Å². The third kappa shape index (κ3) is 4.40. The quantitative estimate of drug-likeness (QED) is 0.721. The summed E-state index contributed by atoms with van der Waals surface area (Å²) < 4.78 is 16.1. The van der Waals surface area contributed by atoms with Gasteiger partial charge in [-0.25, -0.2) is 0 Å². The average Bonchev–Trinajstić information content (AvgIpc) is 2.39. The fourth-order valence-electron chi connectivity index (χ4n) is 1.45. The molecule has 0 aliphatic rings. The van der Waals surface area contributed by atoms with Crippen LogP contribution in [0, 0.1) is 0 Å². The van der Waals surface area contributed by atoms with E-state index in [9.17, 15) is 4.79 Å². The molecular weight excluding hydrogens is 268 g/mol. The molecule has 106 valence electrons. The molecule has 0 aromatic heterocycles. The molecule has 5 heteroatoms. The van der Waals surface area contributed by atoms with Crippen LogP contribution < -0.4 is 9.47 Å². The maximum atomic E-state index is 10.8. The second kappa shape index (κ2) is 6.78. The van der Waals surface area contributed by atoms with Crippen molar-refractivity contribution in [2.24, 2.45) is 0 Å². The van der Waals surface area contributed by atoms with Gasteiger partial charge < -0.3 is 14.2 Å². The van der Waals surface area contributed by atoms with Crippen LogP contribution in [0.5, 0.6) is 11.5 Å². The Labute approximate surface area is 118 Å². The van der Waals surface area contributed by atoms with E-state index < -0.39 is 0 Å². The Morgan fingerprint density at radius 1 is 1.32 bits per heavy atom. The van der Waals surface area contributed by atoms with Gasteiger partial charge in [0.15, 0.2) is 11.5 Å². The van der Waals surface area contributed by atoms with Gasteiger partial charge in [-0.1, -0.05) is 11.6 Å². The van der Waals surface area contributed by atoms with Gasteiger partial charge in [-0.15, -0.1) is 0 Å². The lowest BCUT2D eigenvalue weighted by Gasteiger charge is -2.23. The molecule has 0 radical (unpaired) electrons. The molecular formula is C14H19ClO4. The molecule has 0 N–H and O–H groups in total. The summed E-state index contributed by atoms with van der Waals surface area (Å²) in [6, 6.07) is 3.14. The van der Waals surface area contributed by atoms with E-state index in [1.54, 1.807) is 19.2 Å². The lowest BCUT2D eigenvalue weighted by molar-refractivity contribution is 0.00526. The topological polar surface area (TPSA) is 44.8 Å². The lowest BCUT2D eigenvalue weighted by Crippen LogP contribution is -2.25. The summed E-state index contributed by atoms with van der Waals surface area (Å²) in [6.07, 6.45) is 1.42. The summed E-state index contributed by atoms with van der Waals surface area (Å²) in [7, 11) is 3.17. The predicted octanol–water partition coefficient (Wildman–Crippen LogP) is 3.36. The summed E-state index contributed by atoms with van der Waals surface area (Å²) in [5.41, 5.74) is 0.189. The monoisotopic (exact) mass is 286 g/mol. The molecule has 0 spiro atoms. The van der Waals surface area contributed by atoms with Crippen LogP contribution in [-0.4, -0.2) is 32.7 Å². The SMILES string of the molecule is COc1cc(C=O)cc(Cl)c1OCCC(C)(C)OC. The van der Waals surface area contributed by atoms with Gasteiger partial charge in [-0.05, 0) is 26.0 Å². The second-order valence-electron chi connectivity index (χ2n) is 4.71. The maximum Gasteiger partial charge on any atom is 0.179 e. The summed E-state index contributed by atoms with van der Waals surface area (Å²) in [6.45, 7) is 4.40. The number of hydrogen-bond donors (Lipinski definition) is 0. The molecule has 0 aliphatic heterocycles. The molecule has 1 aromatic rings. The van der Waals surface area contributed by atoms with Crippen molar-refractivity contribution in [3.63, 3.8) is 0 Å². The van der Waals surface area contributed by atoms with Crippen molar-refractivity contribution < 1.29 is 19.0 Å². The Hall–Kier alpha value is -1.26. The van der Waals surface area contributed by atoms with Gasteiger partial charge in [-0.2, -0.15) is 0 Å². The van der Waals surface area contributed by atoms with Crippen LogP contribution in [-0.2, 0) is 4.74 Å². The van der Waals surface area contributed by atoms with Crippen LogP contribution in [0.2, 0.25) is 5.02 Å². The number of carbonyl (C=O) groups excluding carboxylic acids is 1. The predicted molar refractivity (Wildman–Crippen MR) is 74.6 cm³/mol. The molecule has 0 fully saturated rings. The molecule has 4 nitrogen and oxygen atoms in total. The first-order chi connectivity index (χ1) is 8.93. The van der Waals surface area contributed by atoms with Gasteiger partial charge in [0.05, 0.1) is 24.3 Å². The number of benzene rings is 1. The smallest absolute Gasteiger partial charge is 0.179 e. The fraction of sp³-hybridized carbons (Fsp3) is 0.500. The van der Waals surface area contributed by atoms with E-state index in [1.807, 2.05) is 13.8 Å². The molecule has 0 bridgehead atoms. The maximum absolute atomic E-state index is 10.8. The first-order valence-electron chi connectivity index (χ1n) is 5.94. The standard InChI is InChI=1S/C14H19ClO4/c1-14(2,18-4)5-6-19-13-11(15)7-10(9-16)8-12(13)17-3/h7-9H,5-6H2,1-4H3. The molecule has 0 aliphatic carbocycles. The highest BCUT2D eigenvalue weighted by Gasteiger charge is 2.18. The molecule has 0 amide bonds. The summed E-state index contributed by atoms with van der Waals surface area (Å²) in [5, 5.41) is 0.358. The number of methoxy groups -OCH3 is 2. The second-order valence-corrected chi connectivity index (χ2v) is 5.12. The lowest BCUT2D eigenvalue weighted by atomic mass is 10.1. The Morgan fingerprint density at radius 3 is 2.53 bits per heavy atom. The van der Waals surface area contributed by atoms with Gasteiger partial charge in [0.2, 0.25) is 0 Å². The van der Waals surface area contributed by atoms with Crippen molar-refractivity contribution >= 4 is 17.9 Å². The van der Waals surface area contributed by atoms with Gasteiger partial charge in [0, 0.05) is 19.1 Å². The van der Waals surface area contributed by atoms with Gasteiger partial charge >= 0.3 is 0 Å². The molecule has 0 saturated heterocycles. The minimum Gasteiger partial charge on any atom is -0.493 e. The molecule has 0 heterocycles. The zero-order chi connectivity index (χ0) is 14.5. The Bertz CT molecular complexity index is 443. The number of rotatable bonds is 7. The third-order valence-electron chi connectivity index (χ3n) is 2.89. The van der Waals surface area contributed by atoms with Crippen molar-refractivity contribution in [3.05, 3.63) is 22.7 Å². The Kier molecular flexibility index (Phi) is 5.63. The molecule has 0 saturated carbocycles. The number of aldehydes is 1. The molecule has 19 heavy (non-hydrogen) atoms. The zero-order valence-electron chi connectivity index (χ0n) is 11.7. The number of ether oxygens (including phenoxy) is 3. The van der Waals surface area contributed by atoms with E-state index in [4.69, 9.17) is 25.8 Å². The highest BCUT2D eigenvalue weighted by Crippen LogP contribution is 2.36. The molecule has 0 atom stereocenters. The minimum atomic E-state index is -0.261. The van der Waals surface area contributed by atoms with E-state index in [-0.39, 0.29) is 5.60 Å². The van der Waals surface area contributed by atoms with E-state index in [1.165, 1.54) is 7.11 Å². The van der Waals surface area contributed by atoms with Crippen molar-refractivity contribution in [2.45, 2.75) is 25.9 Å².